The van der Waals surface area contributed by atoms with Crippen LogP contribution in [0.25, 0.3) is 0 Å². The van der Waals surface area contributed by atoms with Gasteiger partial charge in [0.15, 0.2) is 0 Å². The highest BCUT2D eigenvalue weighted by Gasteiger charge is 2.33. The Labute approximate surface area is 117 Å². The van der Waals surface area contributed by atoms with Gasteiger partial charge in [-0.3, -0.25) is 0 Å². The zero-order chi connectivity index (χ0) is 12.6. The van der Waals surface area contributed by atoms with Crippen LogP contribution in [0.15, 0.2) is 28.3 Å². The van der Waals surface area contributed by atoms with Crippen LogP contribution in [0.2, 0.25) is 10.0 Å². The molecule has 0 amide bonds. The molecule has 3 nitrogen and oxygen atoms in total. The minimum absolute atomic E-state index is 0.00670. The zero-order valence-corrected chi connectivity index (χ0v) is 11.1. The predicted octanol–water partition coefficient (Wildman–Crippen LogP) is 3.94. The molecule has 0 saturated heterocycles. The van der Waals surface area contributed by atoms with Gasteiger partial charge < -0.3 is 9.47 Å². The summed E-state index contributed by atoms with van der Waals surface area (Å²) in [7, 11) is 0. The molecular formula is C10H4Cl4O3. The molecule has 0 aliphatic carbocycles. The van der Waals surface area contributed by atoms with E-state index in [-0.39, 0.29) is 10.1 Å². The van der Waals surface area contributed by atoms with Gasteiger partial charge in [0.2, 0.25) is 0 Å². The Hall–Kier alpha value is -0.610. The van der Waals surface area contributed by atoms with E-state index in [1.807, 2.05) is 0 Å². The average molecular weight is 314 g/mol. The van der Waals surface area contributed by atoms with Crippen molar-refractivity contribution in [1.82, 2.24) is 0 Å². The van der Waals surface area contributed by atoms with Crippen molar-refractivity contribution < 1.29 is 14.3 Å². The van der Waals surface area contributed by atoms with Gasteiger partial charge in [-0.05, 0) is 18.2 Å². The van der Waals surface area contributed by atoms with Gasteiger partial charge in [-0.25, -0.2) is 4.79 Å². The van der Waals surface area contributed by atoms with E-state index in [1.54, 1.807) is 6.07 Å². The summed E-state index contributed by atoms with van der Waals surface area (Å²) in [5.41, 5.74) is 0. The summed E-state index contributed by atoms with van der Waals surface area (Å²) < 4.78 is 10.1. The molecule has 1 aliphatic heterocycles. The molecule has 1 heterocycles. The van der Waals surface area contributed by atoms with E-state index in [2.05, 4.69) is 0 Å². The summed E-state index contributed by atoms with van der Waals surface area (Å²) in [5.74, 6) is -0.403. The standard InChI is InChI=1S/C10H4Cl4O3/c11-4-1-5(12)3-6(2-4)16-10-8(14)7(13)9(15)17-10/h1-3,10H. The van der Waals surface area contributed by atoms with Crippen molar-refractivity contribution >= 4 is 52.4 Å². The van der Waals surface area contributed by atoms with Crippen LogP contribution < -0.4 is 4.74 Å². The molecule has 1 unspecified atom stereocenters. The van der Waals surface area contributed by atoms with Crippen molar-refractivity contribution in [3.63, 3.8) is 0 Å². The Kier molecular flexibility index (Phi) is 3.73. The molecule has 0 bridgehead atoms. The molecule has 1 aromatic carbocycles. The third-order valence-corrected chi connectivity index (χ3v) is 3.15. The van der Waals surface area contributed by atoms with Crippen LogP contribution >= 0.6 is 46.4 Å². The van der Waals surface area contributed by atoms with Crippen LogP contribution in [0.5, 0.6) is 5.75 Å². The highest BCUT2D eigenvalue weighted by atomic mass is 35.5. The second kappa shape index (κ2) is 4.94. The first-order valence-electron chi connectivity index (χ1n) is 4.36. The van der Waals surface area contributed by atoms with E-state index >= 15 is 0 Å². The fourth-order valence-corrected chi connectivity index (χ4v) is 2.00. The molecule has 0 radical (unpaired) electrons. The third-order valence-electron chi connectivity index (χ3n) is 1.89. The lowest BCUT2D eigenvalue weighted by molar-refractivity contribution is -0.148. The number of esters is 1. The Morgan fingerprint density at radius 2 is 1.65 bits per heavy atom. The molecule has 0 aromatic heterocycles. The van der Waals surface area contributed by atoms with E-state index in [0.29, 0.717) is 15.8 Å². The average Bonchev–Trinajstić information content (AvgIpc) is 2.45. The number of benzene rings is 1. The number of halogens is 4. The molecule has 2 rings (SSSR count). The maximum Gasteiger partial charge on any atom is 0.354 e. The topological polar surface area (TPSA) is 35.5 Å². The van der Waals surface area contributed by atoms with Gasteiger partial charge in [0.25, 0.3) is 6.29 Å². The van der Waals surface area contributed by atoms with E-state index < -0.39 is 12.3 Å². The first-order valence-corrected chi connectivity index (χ1v) is 5.87. The SMILES string of the molecule is O=C1OC(Oc2cc(Cl)cc(Cl)c2)C(Cl)=C1Cl. The van der Waals surface area contributed by atoms with Gasteiger partial charge in [0.1, 0.15) is 15.8 Å². The molecule has 0 fully saturated rings. The van der Waals surface area contributed by atoms with Crippen LogP contribution in [0.4, 0.5) is 0 Å². The largest absolute Gasteiger partial charge is 0.449 e. The van der Waals surface area contributed by atoms with Crippen LogP contribution in [0.1, 0.15) is 0 Å². The van der Waals surface area contributed by atoms with E-state index in [1.165, 1.54) is 12.1 Å². The Bertz CT molecular complexity index is 492. The molecule has 0 N–H and O–H groups in total. The summed E-state index contributed by atoms with van der Waals surface area (Å²) in [4.78, 5) is 11.1. The number of rotatable bonds is 2. The lowest BCUT2D eigenvalue weighted by Crippen LogP contribution is -2.17. The Morgan fingerprint density at radius 3 is 2.12 bits per heavy atom. The molecular weight excluding hydrogens is 310 g/mol. The molecule has 7 heteroatoms. The summed E-state index contributed by atoms with van der Waals surface area (Å²) in [6.07, 6.45) is -1.06. The first kappa shape index (κ1) is 12.8. The van der Waals surface area contributed by atoms with E-state index in [0.717, 1.165) is 0 Å². The number of ether oxygens (including phenoxy) is 2. The van der Waals surface area contributed by atoms with Gasteiger partial charge >= 0.3 is 5.97 Å². The zero-order valence-electron chi connectivity index (χ0n) is 8.05. The van der Waals surface area contributed by atoms with Crippen molar-refractivity contribution in [2.24, 2.45) is 0 Å². The maximum absolute atomic E-state index is 11.1. The Balaban J connectivity index is 2.20. The van der Waals surface area contributed by atoms with Crippen LogP contribution in [0, 0.1) is 0 Å². The lowest BCUT2D eigenvalue weighted by atomic mass is 10.3. The minimum Gasteiger partial charge on any atom is -0.449 e. The molecule has 17 heavy (non-hydrogen) atoms. The van der Waals surface area contributed by atoms with Gasteiger partial charge in [-0.1, -0.05) is 46.4 Å². The second-order valence-electron chi connectivity index (χ2n) is 3.12. The molecule has 0 saturated carbocycles. The Morgan fingerprint density at radius 1 is 1.06 bits per heavy atom. The van der Waals surface area contributed by atoms with Crippen LogP contribution in [-0.4, -0.2) is 12.3 Å². The van der Waals surface area contributed by atoms with Gasteiger partial charge in [0, 0.05) is 10.0 Å². The monoisotopic (exact) mass is 312 g/mol. The highest BCUT2D eigenvalue weighted by molar-refractivity contribution is 6.48. The second-order valence-corrected chi connectivity index (χ2v) is 4.78. The third kappa shape index (κ3) is 2.80. The molecule has 1 atom stereocenters. The summed E-state index contributed by atoms with van der Waals surface area (Å²) in [6, 6.07) is 4.57. The number of hydrogen-bond acceptors (Lipinski definition) is 3. The highest BCUT2D eigenvalue weighted by Crippen LogP contribution is 2.32. The van der Waals surface area contributed by atoms with Crippen molar-refractivity contribution in [2.45, 2.75) is 6.29 Å². The quantitative estimate of drug-likeness (QED) is 0.776. The summed E-state index contributed by atoms with van der Waals surface area (Å²) >= 11 is 22.9. The van der Waals surface area contributed by atoms with Crippen molar-refractivity contribution in [3.05, 3.63) is 38.3 Å². The summed E-state index contributed by atoms with van der Waals surface area (Å²) in [5, 5.41) is 0.587. The van der Waals surface area contributed by atoms with Gasteiger partial charge in [-0.2, -0.15) is 0 Å². The molecule has 0 spiro atoms. The van der Waals surface area contributed by atoms with Gasteiger partial charge in [0.05, 0.1) is 0 Å². The van der Waals surface area contributed by atoms with Crippen LogP contribution in [0.3, 0.4) is 0 Å². The fraction of sp³-hybridized carbons (Fsp3) is 0.100. The smallest absolute Gasteiger partial charge is 0.354 e. The lowest BCUT2D eigenvalue weighted by Gasteiger charge is -2.13. The fourth-order valence-electron chi connectivity index (χ4n) is 1.20. The summed E-state index contributed by atoms with van der Waals surface area (Å²) in [6.45, 7) is 0. The minimum atomic E-state index is -1.06. The van der Waals surface area contributed by atoms with Crippen molar-refractivity contribution in [3.8, 4) is 5.75 Å². The number of hydrogen-bond donors (Lipinski definition) is 0. The van der Waals surface area contributed by atoms with Crippen LogP contribution in [-0.2, 0) is 9.53 Å². The first-order chi connectivity index (χ1) is 7.97. The number of carbonyl (C=O) groups excluding carboxylic acids is 1. The number of carbonyl (C=O) groups is 1. The molecule has 1 aromatic rings. The normalized spacial score (nSPS) is 19.5. The molecule has 1 aliphatic rings. The maximum atomic E-state index is 11.1. The van der Waals surface area contributed by atoms with Gasteiger partial charge in [-0.15, -0.1) is 0 Å². The predicted molar refractivity (Wildman–Crippen MR) is 65.7 cm³/mol. The van der Waals surface area contributed by atoms with Crippen molar-refractivity contribution in [2.75, 3.05) is 0 Å². The number of cyclic esters (lactones) is 1. The van der Waals surface area contributed by atoms with E-state index in [4.69, 9.17) is 55.9 Å². The van der Waals surface area contributed by atoms with E-state index in [9.17, 15) is 4.79 Å². The molecule has 90 valence electrons. The van der Waals surface area contributed by atoms with Crippen molar-refractivity contribution in [1.29, 1.82) is 0 Å².